The van der Waals surface area contributed by atoms with E-state index >= 15 is 0 Å². The molecule has 2 aromatic heterocycles. The van der Waals surface area contributed by atoms with E-state index in [-0.39, 0.29) is 50.6 Å². The number of nitrogens with zero attached hydrogens (tertiary/aromatic N) is 5. The normalized spacial score (nSPS) is 11.9. The van der Waals surface area contributed by atoms with Gasteiger partial charge < -0.3 is 16.8 Å². The van der Waals surface area contributed by atoms with E-state index in [0.717, 1.165) is 22.8 Å². The molecule has 2 aromatic carbocycles. The number of nitrogens with one attached hydrogen (secondary N) is 1. The molecule has 0 fully saturated rings. The van der Waals surface area contributed by atoms with Gasteiger partial charge >= 0.3 is 0 Å². The Morgan fingerprint density at radius 1 is 1.12 bits per heavy atom. The van der Waals surface area contributed by atoms with Crippen LogP contribution in [0.3, 0.4) is 0 Å². The molecule has 5 N–H and O–H groups in total. The van der Waals surface area contributed by atoms with E-state index in [0.29, 0.717) is 6.07 Å². The molecule has 9 nitrogen and oxygen atoms in total. The van der Waals surface area contributed by atoms with Crippen molar-refractivity contribution >= 4 is 40.1 Å². The van der Waals surface area contributed by atoms with Crippen LogP contribution in [-0.2, 0) is 0 Å². The first kappa shape index (κ1) is 22.8. The summed E-state index contributed by atoms with van der Waals surface area (Å²) in [6.07, 6.45) is 0. The Bertz CT molecular complexity index is 1550. The molecule has 0 saturated heterocycles. The van der Waals surface area contributed by atoms with E-state index in [1.165, 1.54) is 13.0 Å². The SMILES string of the molecule is C[C@H](Nc1nc(N)nc(N)c1C#N)c1nc2c(F)ccc(Cl)c2c(=O)n1-c1cc(F)cc(F)c1. The Hall–Kier alpha value is -4.37. The summed E-state index contributed by atoms with van der Waals surface area (Å²) >= 11 is 6.13. The van der Waals surface area contributed by atoms with Gasteiger partial charge in [-0.3, -0.25) is 9.36 Å². The van der Waals surface area contributed by atoms with Crippen LogP contribution < -0.4 is 22.3 Å². The molecule has 34 heavy (non-hydrogen) atoms. The quantitative estimate of drug-likeness (QED) is 0.397. The van der Waals surface area contributed by atoms with E-state index in [4.69, 9.17) is 23.1 Å². The minimum atomic E-state index is -0.984. The van der Waals surface area contributed by atoms with Gasteiger partial charge in [-0.05, 0) is 31.2 Å². The van der Waals surface area contributed by atoms with Crippen LogP contribution in [0.15, 0.2) is 35.1 Å². The number of hydrogen-bond acceptors (Lipinski definition) is 8. The van der Waals surface area contributed by atoms with Gasteiger partial charge in [0.15, 0.2) is 5.82 Å². The summed E-state index contributed by atoms with van der Waals surface area (Å²) in [5.41, 5.74) is 9.76. The highest BCUT2D eigenvalue weighted by atomic mass is 35.5. The van der Waals surface area contributed by atoms with Gasteiger partial charge in [0.05, 0.1) is 22.1 Å². The third-order valence-corrected chi connectivity index (χ3v) is 5.18. The molecule has 0 amide bonds. The average molecular weight is 487 g/mol. The van der Waals surface area contributed by atoms with Crippen LogP contribution in [0.2, 0.25) is 5.02 Å². The van der Waals surface area contributed by atoms with Crippen LogP contribution in [0.5, 0.6) is 0 Å². The van der Waals surface area contributed by atoms with Crippen molar-refractivity contribution in [3.8, 4) is 11.8 Å². The van der Waals surface area contributed by atoms with Gasteiger partial charge in [-0.2, -0.15) is 15.2 Å². The predicted molar refractivity (Wildman–Crippen MR) is 120 cm³/mol. The van der Waals surface area contributed by atoms with Crippen LogP contribution in [-0.4, -0.2) is 19.5 Å². The zero-order valence-corrected chi connectivity index (χ0v) is 18.0. The highest BCUT2D eigenvalue weighted by Crippen LogP contribution is 2.28. The molecule has 0 unspecified atom stereocenters. The number of aromatic nitrogens is 4. The third-order valence-electron chi connectivity index (χ3n) is 4.86. The zero-order chi connectivity index (χ0) is 24.7. The van der Waals surface area contributed by atoms with Gasteiger partial charge in [0.25, 0.3) is 5.56 Å². The van der Waals surface area contributed by atoms with Crippen LogP contribution in [0.4, 0.5) is 30.8 Å². The lowest BCUT2D eigenvalue weighted by atomic mass is 10.2. The summed E-state index contributed by atoms with van der Waals surface area (Å²) in [6.45, 7) is 1.50. The molecule has 2 heterocycles. The fourth-order valence-electron chi connectivity index (χ4n) is 3.42. The number of rotatable bonds is 4. The van der Waals surface area contributed by atoms with Crippen molar-refractivity contribution in [3.05, 3.63) is 74.5 Å². The molecule has 4 aromatic rings. The number of anilines is 3. The second kappa shape index (κ2) is 8.53. The molecule has 0 saturated carbocycles. The van der Waals surface area contributed by atoms with Gasteiger partial charge in [-0.25, -0.2) is 18.2 Å². The van der Waals surface area contributed by atoms with Gasteiger partial charge in [-0.15, -0.1) is 0 Å². The fourth-order valence-corrected chi connectivity index (χ4v) is 3.66. The first-order chi connectivity index (χ1) is 16.1. The highest BCUT2D eigenvalue weighted by Gasteiger charge is 2.23. The van der Waals surface area contributed by atoms with Crippen molar-refractivity contribution in [1.82, 2.24) is 19.5 Å². The molecule has 13 heteroatoms. The molecule has 0 aliphatic rings. The number of nitriles is 1. The monoisotopic (exact) mass is 486 g/mol. The largest absolute Gasteiger partial charge is 0.382 e. The molecule has 0 aliphatic heterocycles. The summed E-state index contributed by atoms with van der Waals surface area (Å²) < 4.78 is 43.5. The maximum absolute atomic E-state index is 14.6. The van der Waals surface area contributed by atoms with E-state index in [1.54, 1.807) is 0 Å². The smallest absolute Gasteiger partial charge is 0.267 e. The maximum atomic E-state index is 14.6. The summed E-state index contributed by atoms with van der Waals surface area (Å²) in [6, 6.07) is 5.49. The molecule has 0 aliphatic carbocycles. The van der Waals surface area contributed by atoms with E-state index in [9.17, 15) is 23.2 Å². The average Bonchev–Trinajstić information content (AvgIpc) is 2.74. The predicted octanol–water partition coefficient (Wildman–Crippen LogP) is 3.46. The molecule has 0 radical (unpaired) electrons. The topological polar surface area (TPSA) is 149 Å². The lowest BCUT2D eigenvalue weighted by molar-refractivity contribution is 0.579. The van der Waals surface area contributed by atoms with Crippen molar-refractivity contribution in [2.45, 2.75) is 13.0 Å². The Kier molecular flexibility index (Phi) is 5.72. The van der Waals surface area contributed by atoms with E-state index in [1.807, 2.05) is 6.07 Å². The number of benzene rings is 2. The first-order valence-electron chi connectivity index (χ1n) is 9.57. The summed E-state index contributed by atoms with van der Waals surface area (Å²) in [5, 5.41) is 11.9. The first-order valence-corrected chi connectivity index (χ1v) is 9.95. The zero-order valence-electron chi connectivity index (χ0n) is 17.3. The Balaban J connectivity index is 2.01. The van der Waals surface area contributed by atoms with Crippen molar-refractivity contribution in [2.24, 2.45) is 0 Å². The van der Waals surface area contributed by atoms with Crippen molar-refractivity contribution in [1.29, 1.82) is 5.26 Å². The number of halogens is 4. The van der Waals surface area contributed by atoms with Gasteiger partial charge in [0.1, 0.15) is 46.2 Å². The minimum Gasteiger partial charge on any atom is -0.382 e. The second-order valence-corrected chi connectivity index (χ2v) is 7.57. The molecular weight excluding hydrogens is 473 g/mol. The maximum Gasteiger partial charge on any atom is 0.267 e. The van der Waals surface area contributed by atoms with Crippen molar-refractivity contribution in [2.75, 3.05) is 16.8 Å². The number of hydrogen-bond donors (Lipinski definition) is 3. The molecular formula is C21H14ClF3N8O. The highest BCUT2D eigenvalue weighted by molar-refractivity contribution is 6.35. The summed E-state index contributed by atoms with van der Waals surface area (Å²) in [7, 11) is 0. The van der Waals surface area contributed by atoms with Crippen molar-refractivity contribution in [3.63, 3.8) is 0 Å². The van der Waals surface area contributed by atoms with E-state index in [2.05, 4.69) is 20.3 Å². The molecule has 0 bridgehead atoms. The second-order valence-electron chi connectivity index (χ2n) is 7.16. The molecule has 172 valence electrons. The van der Waals surface area contributed by atoms with Crippen LogP contribution in [0, 0.1) is 28.8 Å². The lowest BCUT2D eigenvalue weighted by Gasteiger charge is -2.21. The Morgan fingerprint density at radius 2 is 1.79 bits per heavy atom. The number of nitrogen functional groups attached to an aromatic ring is 2. The summed E-state index contributed by atoms with van der Waals surface area (Å²) in [4.78, 5) is 25.3. The molecule has 1 atom stereocenters. The Morgan fingerprint density at radius 3 is 2.44 bits per heavy atom. The van der Waals surface area contributed by atoms with Gasteiger partial charge in [0.2, 0.25) is 5.95 Å². The minimum absolute atomic E-state index is 0.0853. The van der Waals surface area contributed by atoms with Crippen molar-refractivity contribution < 1.29 is 13.2 Å². The van der Waals surface area contributed by atoms with Gasteiger partial charge in [-0.1, -0.05) is 11.6 Å². The number of nitrogens with two attached hydrogens (primary N) is 2. The standard InChI is InChI=1S/C21H14ClF3N8O/c1-8(29-18-12(7-26)17(27)31-21(28)32-18)19-30-16-14(25)3-2-13(22)15(16)20(34)33(19)11-5-9(23)4-10(24)6-11/h2-6,8H,1H3,(H5,27,28,29,31,32)/t8-/m0/s1. The fraction of sp³-hybridized carbons (Fsp3) is 0.0952. The Labute approximate surface area is 194 Å². The lowest BCUT2D eigenvalue weighted by Crippen LogP contribution is -2.28. The third kappa shape index (κ3) is 3.93. The summed E-state index contributed by atoms with van der Waals surface area (Å²) in [5.74, 6) is -3.43. The van der Waals surface area contributed by atoms with Gasteiger partial charge in [0, 0.05) is 6.07 Å². The van der Waals surface area contributed by atoms with Crippen LogP contribution in [0.1, 0.15) is 24.4 Å². The molecule has 0 spiro atoms. The van der Waals surface area contributed by atoms with Crippen LogP contribution >= 0.6 is 11.6 Å². The molecule has 4 rings (SSSR count). The van der Waals surface area contributed by atoms with Crippen LogP contribution in [0.25, 0.3) is 16.6 Å². The van der Waals surface area contributed by atoms with E-state index < -0.39 is 29.1 Å². The number of fused-ring (bicyclic) bond motifs is 1.